The molecule has 0 aromatic carbocycles. The molecule has 1 saturated heterocycles. The van der Waals surface area contributed by atoms with Crippen LogP contribution in [-0.2, 0) is 21.0 Å². The highest BCUT2D eigenvalue weighted by molar-refractivity contribution is 7.91. The van der Waals surface area contributed by atoms with E-state index in [0.29, 0.717) is 16.9 Å². The maximum absolute atomic E-state index is 12.6. The van der Waals surface area contributed by atoms with E-state index in [4.69, 9.17) is 4.74 Å². The number of esters is 1. The van der Waals surface area contributed by atoms with Crippen LogP contribution in [0, 0.1) is 20.8 Å². The Kier molecular flexibility index (Phi) is 5.82. The average molecular weight is 424 g/mol. The Bertz CT molecular complexity index is 1030. The fourth-order valence-corrected chi connectivity index (χ4v) is 6.56. The Morgan fingerprint density at radius 2 is 1.96 bits per heavy atom. The molecule has 0 aliphatic carbocycles. The fourth-order valence-electron chi connectivity index (χ4n) is 3.85. The molecule has 0 N–H and O–H groups in total. The lowest BCUT2D eigenvalue weighted by Crippen LogP contribution is -2.16. The van der Waals surface area contributed by atoms with E-state index in [-0.39, 0.29) is 29.9 Å². The number of aryl methyl sites for hydroxylation is 3. The molecule has 3 rings (SSSR count). The molecule has 6 nitrogen and oxygen atoms in total. The molecule has 2 aromatic rings. The third-order valence-electron chi connectivity index (χ3n) is 5.24. The monoisotopic (exact) mass is 423 g/mol. The van der Waals surface area contributed by atoms with Crippen molar-refractivity contribution in [3.63, 3.8) is 0 Å². The largest absolute Gasteiger partial charge is 0.453 e. The second-order valence-electron chi connectivity index (χ2n) is 7.28. The number of aromatic nitrogens is 1. The standard InChI is InChI=1S/C20H25NO5S2/c1-5-18-12(2)8-19(27-18)20(23)26-10-17(22)16-9-13(3)21(14(16)4)15-6-7-28(24,25)11-15/h8-9,15H,5-7,10-11H2,1-4H3. The molecule has 0 bridgehead atoms. The van der Waals surface area contributed by atoms with E-state index in [1.54, 1.807) is 12.1 Å². The van der Waals surface area contributed by atoms with Crippen molar-refractivity contribution in [2.45, 2.75) is 46.6 Å². The van der Waals surface area contributed by atoms with Gasteiger partial charge < -0.3 is 9.30 Å². The lowest BCUT2D eigenvalue weighted by Gasteiger charge is -2.16. The van der Waals surface area contributed by atoms with E-state index < -0.39 is 15.8 Å². The molecule has 2 aromatic heterocycles. The summed E-state index contributed by atoms with van der Waals surface area (Å²) >= 11 is 1.39. The average Bonchev–Trinajstić information content (AvgIpc) is 3.27. The molecule has 1 aliphatic heterocycles. The van der Waals surface area contributed by atoms with E-state index in [9.17, 15) is 18.0 Å². The number of Topliss-reactive ketones (excluding diaryl/α,β-unsaturated/α-hetero) is 1. The number of ketones is 1. The van der Waals surface area contributed by atoms with Gasteiger partial charge in [-0.1, -0.05) is 6.92 Å². The van der Waals surface area contributed by atoms with Crippen molar-refractivity contribution in [1.29, 1.82) is 0 Å². The van der Waals surface area contributed by atoms with Gasteiger partial charge in [-0.2, -0.15) is 0 Å². The second kappa shape index (κ2) is 7.83. The molecule has 0 amide bonds. The van der Waals surface area contributed by atoms with Gasteiger partial charge in [0.15, 0.2) is 16.4 Å². The van der Waals surface area contributed by atoms with Crippen LogP contribution >= 0.6 is 11.3 Å². The van der Waals surface area contributed by atoms with Gasteiger partial charge in [0, 0.05) is 27.9 Å². The van der Waals surface area contributed by atoms with Crippen LogP contribution in [-0.4, -0.2) is 42.9 Å². The molecular weight excluding hydrogens is 398 g/mol. The van der Waals surface area contributed by atoms with Crippen LogP contribution in [0.1, 0.15) is 61.2 Å². The molecule has 1 atom stereocenters. The zero-order valence-electron chi connectivity index (χ0n) is 16.6. The van der Waals surface area contributed by atoms with Crippen LogP contribution in [0.2, 0.25) is 0 Å². The van der Waals surface area contributed by atoms with Gasteiger partial charge in [-0.3, -0.25) is 4.79 Å². The molecule has 0 saturated carbocycles. The van der Waals surface area contributed by atoms with Gasteiger partial charge in [-0.15, -0.1) is 11.3 Å². The number of thiophene rings is 1. The molecule has 1 fully saturated rings. The van der Waals surface area contributed by atoms with Gasteiger partial charge in [-0.25, -0.2) is 13.2 Å². The first-order valence-electron chi connectivity index (χ1n) is 9.31. The Hall–Kier alpha value is -1.93. The van der Waals surface area contributed by atoms with Crippen LogP contribution in [0.3, 0.4) is 0 Å². The van der Waals surface area contributed by atoms with Gasteiger partial charge >= 0.3 is 5.97 Å². The number of nitrogens with zero attached hydrogens (tertiary/aromatic N) is 1. The molecule has 28 heavy (non-hydrogen) atoms. The molecule has 1 unspecified atom stereocenters. The van der Waals surface area contributed by atoms with Crippen molar-refractivity contribution >= 4 is 32.9 Å². The summed E-state index contributed by atoms with van der Waals surface area (Å²) in [6, 6.07) is 3.40. The molecule has 0 spiro atoms. The van der Waals surface area contributed by atoms with E-state index >= 15 is 0 Å². The maximum Gasteiger partial charge on any atom is 0.348 e. The van der Waals surface area contributed by atoms with Gasteiger partial charge in [-0.05, 0) is 51.3 Å². The first-order valence-corrected chi connectivity index (χ1v) is 11.9. The summed E-state index contributed by atoms with van der Waals surface area (Å²) in [6.45, 7) is 7.33. The van der Waals surface area contributed by atoms with E-state index in [1.807, 2.05) is 32.3 Å². The molecule has 152 valence electrons. The number of carbonyl (C=O) groups excluding carboxylic acids is 2. The predicted octanol–water partition coefficient (Wildman–Crippen LogP) is 3.44. The lowest BCUT2D eigenvalue weighted by molar-refractivity contribution is 0.0479. The van der Waals surface area contributed by atoms with Crippen molar-refractivity contribution in [2.75, 3.05) is 18.1 Å². The predicted molar refractivity (Wildman–Crippen MR) is 109 cm³/mol. The summed E-state index contributed by atoms with van der Waals surface area (Å²) < 4.78 is 30.8. The SMILES string of the molecule is CCc1sc(C(=O)OCC(=O)c2cc(C)n(C3CCS(=O)(=O)C3)c2C)cc1C. The maximum atomic E-state index is 12.6. The van der Waals surface area contributed by atoms with Crippen molar-refractivity contribution in [2.24, 2.45) is 0 Å². The normalized spacial score (nSPS) is 18.4. The molecule has 1 aliphatic rings. The molecule has 3 heterocycles. The minimum atomic E-state index is -3.02. The Morgan fingerprint density at radius 3 is 2.54 bits per heavy atom. The zero-order valence-corrected chi connectivity index (χ0v) is 18.2. The van der Waals surface area contributed by atoms with E-state index in [0.717, 1.165) is 28.2 Å². The number of hydrogen-bond donors (Lipinski definition) is 0. The highest BCUT2D eigenvalue weighted by atomic mass is 32.2. The van der Waals surface area contributed by atoms with Crippen molar-refractivity contribution in [3.8, 4) is 0 Å². The van der Waals surface area contributed by atoms with Gasteiger partial charge in [0.1, 0.15) is 4.88 Å². The number of hydrogen-bond acceptors (Lipinski definition) is 6. The molecular formula is C20H25NO5S2. The van der Waals surface area contributed by atoms with Gasteiger partial charge in [0.25, 0.3) is 0 Å². The van der Waals surface area contributed by atoms with E-state index in [2.05, 4.69) is 0 Å². The van der Waals surface area contributed by atoms with Gasteiger partial charge in [0.05, 0.1) is 11.5 Å². The summed E-state index contributed by atoms with van der Waals surface area (Å²) in [5.41, 5.74) is 3.10. The Balaban J connectivity index is 1.71. The van der Waals surface area contributed by atoms with Crippen LogP contribution < -0.4 is 0 Å². The highest BCUT2D eigenvalue weighted by Gasteiger charge is 2.31. The Labute approximate surface area is 169 Å². The van der Waals surface area contributed by atoms with Crippen LogP contribution in [0.15, 0.2) is 12.1 Å². The van der Waals surface area contributed by atoms with Crippen LogP contribution in [0.25, 0.3) is 0 Å². The first kappa shape index (κ1) is 20.8. The smallest absolute Gasteiger partial charge is 0.348 e. The van der Waals surface area contributed by atoms with Crippen LogP contribution in [0.5, 0.6) is 0 Å². The number of sulfone groups is 1. The lowest BCUT2D eigenvalue weighted by atomic mass is 10.1. The number of carbonyl (C=O) groups is 2. The van der Waals surface area contributed by atoms with Crippen molar-refractivity contribution in [3.05, 3.63) is 44.4 Å². The summed E-state index contributed by atoms with van der Waals surface area (Å²) in [7, 11) is -3.02. The van der Waals surface area contributed by atoms with Crippen molar-refractivity contribution < 1.29 is 22.7 Å². The minimum Gasteiger partial charge on any atom is -0.453 e. The summed E-state index contributed by atoms with van der Waals surface area (Å²) in [5.74, 6) is -0.492. The minimum absolute atomic E-state index is 0.101. The quantitative estimate of drug-likeness (QED) is 0.525. The topological polar surface area (TPSA) is 82.4 Å². The third-order valence-corrected chi connectivity index (χ3v) is 8.35. The third kappa shape index (κ3) is 4.07. The Morgan fingerprint density at radius 1 is 1.25 bits per heavy atom. The number of rotatable bonds is 6. The summed E-state index contributed by atoms with van der Waals surface area (Å²) in [6.07, 6.45) is 1.41. The first-order chi connectivity index (χ1) is 13.1. The highest BCUT2D eigenvalue weighted by Crippen LogP contribution is 2.29. The second-order valence-corrected chi connectivity index (χ2v) is 10.6. The molecule has 8 heteroatoms. The number of ether oxygens (including phenoxy) is 1. The summed E-state index contributed by atoms with van der Waals surface area (Å²) in [5, 5.41) is 0. The summed E-state index contributed by atoms with van der Waals surface area (Å²) in [4.78, 5) is 26.5. The van der Waals surface area contributed by atoms with Crippen molar-refractivity contribution in [1.82, 2.24) is 4.57 Å². The zero-order chi connectivity index (χ0) is 20.6. The molecule has 0 radical (unpaired) electrons. The fraction of sp³-hybridized carbons (Fsp3) is 0.500. The van der Waals surface area contributed by atoms with E-state index in [1.165, 1.54) is 11.3 Å². The van der Waals surface area contributed by atoms with Crippen LogP contribution in [0.4, 0.5) is 0 Å². The van der Waals surface area contributed by atoms with Gasteiger partial charge in [0.2, 0.25) is 5.78 Å².